The van der Waals surface area contributed by atoms with Crippen LogP contribution in [0, 0.1) is 5.92 Å². The summed E-state index contributed by atoms with van der Waals surface area (Å²) in [5.41, 5.74) is 0. The van der Waals surface area contributed by atoms with Gasteiger partial charge in [-0.3, -0.25) is 14.4 Å². The summed E-state index contributed by atoms with van der Waals surface area (Å²) >= 11 is 0. The molecule has 1 saturated heterocycles. The zero-order valence-electron chi connectivity index (χ0n) is 11.4. The van der Waals surface area contributed by atoms with Crippen molar-refractivity contribution in [2.45, 2.75) is 46.2 Å². The number of carbonyl (C=O) groups is 3. The van der Waals surface area contributed by atoms with Gasteiger partial charge >= 0.3 is 17.9 Å². The van der Waals surface area contributed by atoms with Gasteiger partial charge in [-0.15, -0.1) is 0 Å². The Kier molecular flexibility index (Phi) is 5.29. The van der Waals surface area contributed by atoms with Gasteiger partial charge in [0.1, 0.15) is 12.7 Å². The van der Waals surface area contributed by atoms with Crippen molar-refractivity contribution < 1.29 is 33.3 Å². The van der Waals surface area contributed by atoms with E-state index in [9.17, 15) is 14.4 Å². The summed E-state index contributed by atoms with van der Waals surface area (Å²) in [6.45, 7) is 5.57. The highest BCUT2D eigenvalue weighted by Crippen LogP contribution is 2.30. The molecule has 0 aromatic carbocycles. The first kappa shape index (κ1) is 15.4. The minimum Gasteiger partial charge on any atom is -0.463 e. The second-order valence-corrected chi connectivity index (χ2v) is 4.39. The molecular weight excluding hydrogens is 256 g/mol. The molecule has 0 aromatic heterocycles. The highest BCUT2D eigenvalue weighted by molar-refractivity contribution is 5.67. The molecule has 0 amide bonds. The molecule has 7 heteroatoms. The first-order chi connectivity index (χ1) is 8.81. The number of carbonyl (C=O) groups excluding carboxylic acids is 3. The largest absolute Gasteiger partial charge is 0.463 e. The van der Waals surface area contributed by atoms with Gasteiger partial charge in [0.2, 0.25) is 6.29 Å². The van der Waals surface area contributed by atoms with E-state index in [0.29, 0.717) is 0 Å². The Hall–Kier alpha value is -1.63. The van der Waals surface area contributed by atoms with Crippen LogP contribution >= 0.6 is 0 Å². The van der Waals surface area contributed by atoms with E-state index in [0.717, 1.165) is 0 Å². The van der Waals surface area contributed by atoms with Gasteiger partial charge in [-0.05, 0) is 0 Å². The molecule has 0 spiro atoms. The van der Waals surface area contributed by atoms with Gasteiger partial charge < -0.3 is 18.9 Å². The number of rotatable bonds is 4. The van der Waals surface area contributed by atoms with Crippen molar-refractivity contribution in [2.24, 2.45) is 5.92 Å². The predicted octanol–water partition coefficient (Wildman–Crippen LogP) is 0.405. The summed E-state index contributed by atoms with van der Waals surface area (Å²) in [7, 11) is 0. The quantitative estimate of drug-likeness (QED) is 0.541. The Bertz CT molecular complexity index is 365. The lowest BCUT2D eigenvalue weighted by Crippen LogP contribution is -2.34. The van der Waals surface area contributed by atoms with Crippen molar-refractivity contribution in [2.75, 3.05) is 6.61 Å². The fourth-order valence-electron chi connectivity index (χ4n) is 1.84. The molecule has 108 valence electrons. The lowest BCUT2D eigenvalue weighted by molar-refractivity contribution is -0.196. The predicted molar refractivity (Wildman–Crippen MR) is 61.8 cm³/mol. The van der Waals surface area contributed by atoms with Gasteiger partial charge in [0.25, 0.3) is 0 Å². The van der Waals surface area contributed by atoms with Crippen molar-refractivity contribution in [3.05, 3.63) is 0 Å². The zero-order valence-corrected chi connectivity index (χ0v) is 11.4. The van der Waals surface area contributed by atoms with E-state index in [1.54, 1.807) is 6.92 Å². The minimum atomic E-state index is -0.975. The maximum absolute atomic E-state index is 11.0. The Balaban J connectivity index is 2.70. The molecule has 19 heavy (non-hydrogen) atoms. The standard InChI is InChI=1S/C12H18O7/c1-6-10(5-16-7(2)13)19-12(18-9(4)15)11(6)17-8(3)14/h6,10-12H,5H2,1-4H3/t6?,10-,11-,12-/m1/s1. The van der Waals surface area contributed by atoms with Crippen LogP contribution in [-0.4, -0.2) is 43.0 Å². The molecule has 7 nitrogen and oxygen atoms in total. The van der Waals surface area contributed by atoms with E-state index in [-0.39, 0.29) is 12.5 Å². The van der Waals surface area contributed by atoms with Crippen molar-refractivity contribution in [3.8, 4) is 0 Å². The van der Waals surface area contributed by atoms with Gasteiger partial charge in [0.05, 0.1) is 0 Å². The van der Waals surface area contributed by atoms with E-state index >= 15 is 0 Å². The molecule has 1 rings (SSSR count). The van der Waals surface area contributed by atoms with Crippen molar-refractivity contribution >= 4 is 17.9 Å². The Morgan fingerprint density at radius 1 is 1.00 bits per heavy atom. The molecule has 1 unspecified atom stereocenters. The molecule has 0 aromatic rings. The summed E-state index contributed by atoms with van der Waals surface area (Å²) < 4.78 is 20.4. The highest BCUT2D eigenvalue weighted by atomic mass is 16.7. The molecule has 1 fully saturated rings. The number of hydrogen-bond acceptors (Lipinski definition) is 7. The molecule has 0 saturated carbocycles. The number of ether oxygens (including phenoxy) is 4. The molecule has 4 atom stereocenters. The van der Waals surface area contributed by atoms with E-state index in [4.69, 9.17) is 18.9 Å². The summed E-state index contributed by atoms with van der Waals surface area (Å²) in [6.07, 6.45) is -2.17. The lowest BCUT2D eigenvalue weighted by Gasteiger charge is -2.20. The second kappa shape index (κ2) is 6.51. The second-order valence-electron chi connectivity index (χ2n) is 4.39. The van der Waals surface area contributed by atoms with Crippen LogP contribution in [0.4, 0.5) is 0 Å². The minimum absolute atomic E-state index is 0.0199. The summed E-state index contributed by atoms with van der Waals surface area (Å²) in [4.78, 5) is 32.8. The van der Waals surface area contributed by atoms with E-state index < -0.39 is 36.4 Å². The average molecular weight is 274 g/mol. The molecule has 0 aliphatic carbocycles. The molecule has 1 aliphatic heterocycles. The van der Waals surface area contributed by atoms with Crippen LogP contribution in [0.5, 0.6) is 0 Å². The first-order valence-electron chi connectivity index (χ1n) is 5.94. The SMILES string of the molecule is CC(=O)OC[C@H]1O[C@@H](OC(C)=O)[C@H](OC(C)=O)C1C. The van der Waals surface area contributed by atoms with Gasteiger partial charge in [-0.1, -0.05) is 6.92 Å². The third kappa shape index (κ3) is 4.51. The molecular formula is C12H18O7. The maximum Gasteiger partial charge on any atom is 0.305 e. The van der Waals surface area contributed by atoms with Crippen molar-refractivity contribution in [3.63, 3.8) is 0 Å². The smallest absolute Gasteiger partial charge is 0.305 e. The van der Waals surface area contributed by atoms with Crippen LogP contribution in [0.25, 0.3) is 0 Å². The number of esters is 3. The monoisotopic (exact) mass is 274 g/mol. The molecule has 0 radical (unpaired) electrons. The fourth-order valence-corrected chi connectivity index (χ4v) is 1.84. The maximum atomic E-state index is 11.0. The van der Waals surface area contributed by atoms with Crippen LogP contribution in [0.2, 0.25) is 0 Å². The normalized spacial score (nSPS) is 29.7. The van der Waals surface area contributed by atoms with Gasteiger partial charge in [-0.25, -0.2) is 0 Å². The molecule has 1 aliphatic rings. The summed E-state index contributed by atoms with van der Waals surface area (Å²) in [5.74, 6) is -1.73. The lowest BCUT2D eigenvalue weighted by atomic mass is 10.0. The molecule has 0 N–H and O–H groups in total. The van der Waals surface area contributed by atoms with E-state index in [1.807, 2.05) is 0 Å². The molecule has 0 bridgehead atoms. The third-order valence-electron chi connectivity index (χ3n) is 2.72. The average Bonchev–Trinajstić information content (AvgIpc) is 2.53. The fraction of sp³-hybridized carbons (Fsp3) is 0.750. The summed E-state index contributed by atoms with van der Waals surface area (Å²) in [5, 5.41) is 0. The van der Waals surface area contributed by atoms with E-state index in [1.165, 1.54) is 20.8 Å². The van der Waals surface area contributed by atoms with Gasteiger partial charge in [-0.2, -0.15) is 0 Å². The Morgan fingerprint density at radius 2 is 1.58 bits per heavy atom. The van der Waals surface area contributed by atoms with Crippen LogP contribution in [0.3, 0.4) is 0 Å². The topological polar surface area (TPSA) is 88.1 Å². The Morgan fingerprint density at radius 3 is 2.05 bits per heavy atom. The van der Waals surface area contributed by atoms with Gasteiger partial charge in [0.15, 0.2) is 6.10 Å². The zero-order chi connectivity index (χ0) is 14.6. The van der Waals surface area contributed by atoms with E-state index in [2.05, 4.69) is 0 Å². The third-order valence-corrected chi connectivity index (χ3v) is 2.72. The van der Waals surface area contributed by atoms with Crippen molar-refractivity contribution in [1.29, 1.82) is 0 Å². The van der Waals surface area contributed by atoms with Crippen molar-refractivity contribution in [1.82, 2.24) is 0 Å². The Labute approximate surface area is 111 Å². The molecule has 1 heterocycles. The van der Waals surface area contributed by atoms with Gasteiger partial charge in [0, 0.05) is 26.7 Å². The van der Waals surface area contributed by atoms with Crippen LogP contribution in [0.1, 0.15) is 27.7 Å². The first-order valence-corrected chi connectivity index (χ1v) is 5.94. The summed E-state index contributed by atoms with van der Waals surface area (Å²) in [6, 6.07) is 0. The van der Waals surface area contributed by atoms with Crippen LogP contribution in [-0.2, 0) is 33.3 Å². The highest BCUT2D eigenvalue weighted by Gasteiger charge is 2.46. The number of hydrogen-bond donors (Lipinski definition) is 0. The van der Waals surface area contributed by atoms with Crippen LogP contribution < -0.4 is 0 Å². The van der Waals surface area contributed by atoms with Crippen LogP contribution in [0.15, 0.2) is 0 Å².